The summed E-state index contributed by atoms with van der Waals surface area (Å²) in [5.41, 5.74) is 1.18. The maximum Gasteiger partial charge on any atom is 0.246 e. The van der Waals surface area contributed by atoms with E-state index in [1.165, 1.54) is 10.6 Å². The summed E-state index contributed by atoms with van der Waals surface area (Å²) in [6.45, 7) is 3.47. The van der Waals surface area contributed by atoms with E-state index in [1.54, 1.807) is 0 Å². The minimum atomic E-state index is 0.0881. The lowest BCUT2D eigenvalue weighted by molar-refractivity contribution is -0.197. The third-order valence-corrected chi connectivity index (χ3v) is 3.73. The van der Waals surface area contributed by atoms with Gasteiger partial charge in [-0.25, -0.2) is 5.06 Å². The number of hydrogen-bond acceptors (Lipinski definition) is 2. The Hall–Kier alpha value is -0.870. The van der Waals surface area contributed by atoms with Gasteiger partial charge in [0.15, 0.2) is 0 Å². The smallest absolute Gasteiger partial charge is 0.246 e. The number of hydrogen-bond donors (Lipinski definition) is 0. The Morgan fingerprint density at radius 2 is 2.11 bits per heavy atom. The van der Waals surface area contributed by atoms with Crippen LogP contribution in [0.25, 0.3) is 0 Å². The van der Waals surface area contributed by atoms with Crippen molar-refractivity contribution < 1.29 is 9.63 Å². The van der Waals surface area contributed by atoms with Crippen LogP contribution in [0.15, 0.2) is 28.7 Å². The number of carbonyl (C=O) groups excluding carboxylic acids is 1. The number of amides is 1. The molecular weight excluding hydrogens is 294 g/mol. The molecule has 0 radical (unpaired) electrons. The van der Waals surface area contributed by atoms with E-state index >= 15 is 0 Å². The van der Waals surface area contributed by atoms with Gasteiger partial charge in [-0.15, -0.1) is 0 Å². The highest BCUT2D eigenvalue weighted by Gasteiger charge is 2.20. The second-order valence-electron chi connectivity index (χ2n) is 4.69. The molecule has 18 heavy (non-hydrogen) atoms. The van der Waals surface area contributed by atoms with E-state index < -0.39 is 0 Å². The lowest BCUT2D eigenvalue weighted by atomic mass is 9.97. The first-order valence-electron chi connectivity index (χ1n) is 6.35. The van der Waals surface area contributed by atoms with Crippen LogP contribution in [0.3, 0.4) is 0 Å². The first-order valence-corrected chi connectivity index (χ1v) is 7.15. The first-order chi connectivity index (χ1) is 8.66. The summed E-state index contributed by atoms with van der Waals surface area (Å²) < 4.78 is 1.06. The number of carbonyl (C=O) groups is 1. The topological polar surface area (TPSA) is 29.5 Å². The second kappa shape index (κ2) is 6.34. The number of nitrogens with zero attached hydrogens (tertiary/aromatic N) is 1. The summed E-state index contributed by atoms with van der Waals surface area (Å²) in [7, 11) is 0. The van der Waals surface area contributed by atoms with Crippen LogP contribution in [0, 0.1) is 0 Å². The molecule has 1 atom stereocenters. The van der Waals surface area contributed by atoms with Crippen LogP contribution >= 0.6 is 15.9 Å². The molecule has 98 valence electrons. The van der Waals surface area contributed by atoms with Gasteiger partial charge in [0.05, 0.1) is 6.61 Å². The summed E-state index contributed by atoms with van der Waals surface area (Å²) in [6, 6.07) is 8.12. The van der Waals surface area contributed by atoms with E-state index in [0.717, 1.165) is 23.9 Å². The molecule has 1 aliphatic heterocycles. The number of rotatable bonds is 3. The molecule has 0 aliphatic carbocycles. The molecule has 0 N–H and O–H groups in total. The highest BCUT2D eigenvalue weighted by Crippen LogP contribution is 2.22. The van der Waals surface area contributed by atoms with Gasteiger partial charge in [-0.1, -0.05) is 35.0 Å². The minimum absolute atomic E-state index is 0.0881. The number of benzene rings is 1. The van der Waals surface area contributed by atoms with Gasteiger partial charge in [0.2, 0.25) is 5.91 Å². The van der Waals surface area contributed by atoms with Crippen molar-refractivity contribution in [2.24, 2.45) is 0 Å². The van der Waals surface area contributed by atoms with Gasteiger partial charge in [-0.05, 0) is 36.5 Å². The molecule has 0 spiro atoms. The molecule has 1 unspecified atom stereocenters. The van der Waals surface area contributed by atoms with Gasteiger partial charge in [-0.3, -0.25) is 9.63 Å². The molecular formula is C14H18BrNO2. The normalized spacial score (nSPS) is 17.6. The number of hydroxylamine groups is 2. The average Bonchev–Trinajstić information content (AvgIpc) is 2.40. The zero-order valence-corrected chi connectivity index (χ0v) is 12.1. The Morgan fingerprint density at radius 1 is 1.39 bits per heavy atom. The molecule has 2 rings (SSSR count). The predicted molar refractivity (Wildman–Crippen MR) is 74.1 cm³/mol. The second-order valence-corrected chi connectivity index (χ2v) is 5.61. The quantitative estimate of drug-likeness (QED) is 0.855. The van der Waals surface area contributed by atoms with Crippen LogP contribution in [0.2, 0.25) is 0 Å². The van der Waals surface area contributed by atoms with Crippen molar-refractivity contribution in [2.45, 2.75) is 32.1 Å². The lowest BCUT2D eigenvalue weighted by Crippen LogP contribution is -2.36. The minimum Gasteiger partial charge on any atom is -0.273 e. The maximum absolute atomic E-state index is 12.0. The first kappa shape index (κ1) is 13.6. The standard InChI is InChI=1S/C14H18BrNO2/c1-11(12-4-6-13(15)7-5-12)10-14(17)16-8-2-3-9-18-16/h4-7,11H,2-3,8-10H2,1H3. The monoisotopic (exact) mass is 311 g/mol. The van der Waals surface area contributed by atoms with Gasteiger partial charge in [-0.2, -0.15) is 0 Å². The van der Waals surface area contributed by atoms with Crippen molar-refractivity contribution >= 4 is 21.8 Å². The Bertz CT molecular complexity index is 399. The van der Waals surface area contributed by atoms with Gasteiger partial charge in [0.25, 0.3) is 0 Å². The summed E-state index contributed by atoms with van der Waals surface area (Å²) in [6.07, 6.45) is 2.59. The van der Waals surface area contributed by atoms with E-state index in [0.29, 0.717) is 13.0 Å². The molecule has 4 heteroatoms. The molecule has 1 heterocycles. The Labute approximate surface area is 116 Å². The predicted octanol–water partition coefficient (Wildman–Crippen LogP) is 3.50. The summed E-state index contributed by atoms with van der Waals surface area (Å²) in [5.74, 6) is 0.307. The van der Waals surface area contributed by atoms with Crippen molar-refractivity contribution in [3.8, 4) is 0 Å². The molecule has 3 nitrogen and oxygen atoms in total. The fraction of sp³-hybridized carbons (Fsp3) is 0.500. The van der Waals surface area contributed by atoms with E-state index in [4.69, 9.17) is 4.84 Å². The SMILES string of the molecule is CC(CC(=O)N1CCCCO1)c1ccc(Br)cc1. The molecule has 0 bridgehead atoms. The molecule has 1 aromatic carbocycles. The lowest BCUT2D eigenvalue weighted by Gasteiger charge is -2.27. The fourth-order valence-electron chi connectivity index (χ4n) is 2.07. The van der Waals surface area contributed by atoms with Gasteiger partial charge in [0.1, 0.15) is 0 Å². The van der Waals surface area contributed by atoms with Crippen molar-refractivity contribution in [1.82, 2.24) is 5.06 Å². The Morgan fingerprint density at radius 3 is 2.72 bits per heavy atom. The van der Waals surface area contributed by atoms with Crippen molar-refractivity contribution in [3.05, 3.63) is 34.3 Å². The Balaban J connectivity index is 1.91. The average molecular weight is 312 g/mol. The maximum atomic E-state index is 12.0. The van der Waals surface area contributed by atoms with Gasteiger partial charge in [0, 0.05) is 17.4 Å². The van der Waals surface area contributed by atoms with Crippen LogP contribution in [-0.4, -0.2) is 24.1 Å². The van der Waals surface area contributed by atoms with Crippen LogP contribution in [0.1, 0.15) is 37.7 Å². The summed E-state index contributed by atoms with van der Waals surface area (Å²) in [4.78, 5) is 17.4. The molecule has 1 amide bonds. The van der Waals surface area contributed by atoms with Crippen LogP contribution in [0.5, 0.6) is 0 Å². The largest absolute Gasteiger partial charge is 0.273 e. The number of halogens is 1. The zero-order chi connectivity index (χ0) is 13.0. The van der Waals surface area contributed by atoms with E-state index in [-0.39, 0.29) is 11.8 Å². The van der Waals surface area contributed by atoms with Crippen LogP contribution in [0.4, 0.5) is 0 Å². The van der Waals surface area contributed by atoms with E-state index in [9.17, 15) is 4.79 Å². The fourth-order valence-corrected chi connectivity index (χ4v) is 2.33. The summed E-state index contributed by atoms with van der Waals surface area (Å²) >= 11 is 3.41. The molecule has 1 aromatic rings. The van der Waals surface area contributed by atoms with Crippen molar-refractivity contribution in [3.63, 3.8) is 0 Å². The van der Waals surface area contributed by atoms with Crippen LogP contribution in [-0.2, 0) is 9.63 Å². The molecule has 1 saturated heterocycles. The van der Waals surface area contributed by atoms with Crippen molar-refractivity contribution in [1.29, 1.82) is 0 Å². The van der Waals surface area contributed by atoms with E-state index in [1.807, 2.05) is 12.1 Å². The molecule has 0 aromatic heterocycles. The van der Waals surface area contributed by atoms with Gasteiger partial charge >= 0.3 is 0 Å². The third-order valence-electron chi connectivity index (χ3n) is 3.20. The van der Waals surface area contributed by atoms with E-state index in [2.05, 4.69) is 35.0 Å². The zero-order valence-electron chi connectivity index (χ0n) is 10.6. The molecule has 1 aliphatic rings. The highest BCUT2D eigenvalue weighted by molar-refractivity contribution is 9.10. The Kier molecular flexibility index (Phi) is 4.78. The third kappa shape index (κ3) is 3.56. The highest BCUT2D eigenvalue weighted by atomic mass is 79.9. The van der Waals surface area contributed by atoms with Crippen molar-refractivity contribution in [2.75, 3.05) is 13.2 Å². The molecule has 1 fully saturated rings. The summed E-state index contributed by atoms with van der Waals surface area (Å²) in [5, 5.41) is 1.53. The van der Waals surface area contributed by atoms with Gasteiger partial charge < -0.3 is 0 Å². The van der Waals surface area contributed by atoms with Crippen LogP contribution < -0.4 is 0 Å². The molecule has 0 saturated carbocycles.